The van der Waals surface area contributed by atoms with Gasteiger partial charge in [-0.25, -0.2) is 0 Å². The lowest BCUT2D eigenvalue weighted by Gasteiger charge is -2.19. The maximum atomic E-state index is 5.70. The number of aromatic nitrogens is 2. The van der Waals surface area contributed by atoms with E-state index >= 15 is 0 Å². The van der Waals surface area contributed by atoms with E-state index in [2.05, 4.69) is 21.8 Å². The van der Waals surface area contributed by atoms with E-state index in [-0.39, 0.29) is 0 Å². The van der Waals surface area contributed by atoms with Crippen LogP contribution in [0.5, 0.6) is 0 Å². The number of nitrogens with zero attached hydrogens (tertiary/aromatic N) is 2. The first kappa shape index (κ1) is 13.9. The standard InChI is InChI=1S/C13H23N3OS/c1-3-8-14-12(13-10(2)15-16-18-13)7-6-11-5-4-9-17-11/h11-12,14H,3-9H2,1-2H3. The summed E-state index contributed by atoms with van der Waals surface area (Å²) in [5, 5.41) is 7.73. The van der Waals surface area contributed by atoms with Crippen molar-refractivity contribution in [3.63, 3.8) is 0 Å². The molecule has 0 saturated carbocycles. The quantitative estimate of drug-likeness (QED) is 0.827. The summed E-state index contributed by atoms with van der Waals surface area (Å²) in [4.78, 5) is 1.29. The zero-order valence-corrected chi connectivity index (χ0v) is 12.1. The van der Waals surface area contributed by atoms with Crippen LogP contribution in [0, 0.1) is 6.92 Å². The van der Waals surface area contributed by atoms with Crippen molar-refractivity contribution in [1.29, 1.82) is 0 Å². The molecule has 2 heterocycles. The molecule has 1 aromatic heterocycles. The van der Waals surface area contributed by atoms with Crippen molar-refractivity contribution in [3.05, 3.63) is 10.6 Å². The van der Waals surface area contributed by atoms with Crippen molar-refractivity contribution in [2.45, 2.75) is 58.1 Å². The van der Waals surface area contributed by atoms with Gasteiger partial charge in [0.15, 0.2) is 0 Å². The minimum Gasteiger partial charge on any atom is -0.378 e. The van der Waals surface area contributed by atoms with E-state index in [4.69, 9.17) is 4.74 Å². The highest BCUT2D eigenvalue weighted by Crippen LogP contribution is 2.27. The summed E-state index contributed by atoms with van der Waals surface area (Å²) in [6, 6.07) is 0.397. The molecule has 0 radical (unpaired) electrons. The molecule has 2 rings (SSSR count). The average Bonchev–Trinajstić information content (AvgIpc) is 3.01. The van der Waals surface area contributed by atoms with Crippen LogP contribution < -0.4 is 5.32 Å². The fraction of sp³-hybridized carbons (Fsp3) is 0.846. The second kappa shape index (κ2) is 7.16. The zero-order valence-electron chi connectivity index (χ0n) is 11.3. The van der Waals surface area contributed by atoms with E-state index < -0.39 is 0 Å². The van der Waals surface area contributed by atoms with Gasteiger partial charge in [0.1, 0.15) is 0 Å². The molecule has 0 aliphatic carbocycles. The van der Waals surface area contributed by atoms with Crippen molar-refractivity contribution in [2.75, 3.05) is 13.2 Å². The number of rotatable bonds is 7. The molecule has 102 valence electrons. The fourth-order valence-corrected chi connectivity index (χ4v) is 3.18. The van der Waals surface area contributed by atoms with E-state index in [0.29, 0.717) is 12.1 Å². The third-order valence-electron chi connectivity index (χ3n) is 3.45. The second-order valence-electron chi connectivity index (χ2n) is 4.94. The van der Waals surface area contributed by atoms with Crippen molar-refractivity contribution >= 4 is 11.5 Å². The van der Waals surface area contributed by atoms with Crippen molar-refractivity contribution < 1.29 is 4.74 Å². The van der Waals surface area contributed by atoms with E-state index in [1.54, 1.807) is 0 Å². The Labute approximate surface area is 113 Å². The molecule has 1 aromatic rings. The van der Waals surface area contributed by atoms with Gasteiger partial charge in [0, 0.05) is 12.6 Å². The van der Waals surface area contributed by atoms with Crippen LogP contribution in [0.15, 0.2) is 0 Å². The Kier molecular flexibility index (Phi) is 5.53. The number of ether oxygens (including phenoxy) is 1. The molecule has 1 aliphatic rings. The SMILES string of the molecule is CCCNC(CCC1CCCO1)c1snnc1C. The van der Waals surface area contributed by atoms with Crippen LogP contribution in [0.2, 0.25) is 0 Å². The van der Waals surface area contributed by atoms with Crippen LogP contribution >= 0.6 is 11.5 Å². The van der Waals surface area contributed by atoms with Gasteiger partial charge in [-0.15, -0.1) is 5.10 Å². The van der Waals surface area contributed by atoms with Crippen molar-refractivity contribution in [2.24, 2.45) is 0 Å². The molecule has 0 bridgehead atoms. The van der Waals surface area contributed by atoms with Gasteiger partial charge in [-0.05, 0) is 57.1 Å². The minimum atomic E-state index is 0.397. The highest BCUT2D eigenvalue weighted by atomic mass is 32.1. The maximum Gasteiger partial charge on any atom is 0.0772 e. The first-order valence-corrected chi connectivity index (χ1v) is 7.72. The van der Waals surface area contributed by atoms with E-state index in [1.165, 1.54) is 29.3 Å². The first-order valence-electron chi connectivity index (χ1n) is 6.95. The van der Waals surface area contributed by atoms with Crippen LogP contribution in [-0.2, 0) is 4.74 Å². The minimum absolute atomic E-state index is 0.397. The summed E-state index contributed by atoms with van der Waals surface area (Å²) in [5.41, 5.74) is 1.07. The Bertz CT molecular complexity index is 350. The fourth-order valence-electron chi connectivity index (χ4n) is 2.43. The Morgan fingerprint density at radius 2 is 2.44 bits per heavy atom. The molecule has 0 spiro atoms. The highest BCUT2D eigenvalue weighted by molar-refractivity contribution is 7.05. The van der Waals surface area contributed by atoms with E-state index in [1.807, 2.05) is 6.92 Å². The number of nitrogens with one attached hydrogen (secondary N) is 1. The molecule has 18 heavy (non-hydrogen) atoms. The summed E-state index contributed by atoms with van der Waals surface area (Å²) in [6.45, 7) is 6.24. The van der Waals surface area contributed by atoms with Crippen LogP contribution in [0.4, 0.5) is 0 Å². The van der Waals surface area contributed by atoms with E-state index in [0.717, 1.165) is 38.1 Å². The number of aryl methyl sites for hydroxylation is 1. The summed E-state index contributed by atoms with van der Waals surface area (Å²) in [7, 11) is 0. The molecule has 1 saturated heterocycles. The Morgan fingerprint density at radius 3 is 3.06 bits per heavy atom. The van der Waals surface area contributed by atoms with Crippen LogP contribution in [0.3, 0.4) is 0 Å². The Balaban J connectivity index is 1.90. The molecule has 1 fully saturated rings. The number of hydrogen-bond donors (Lipinski definition) is 1. The van der Waals surface area contributed by atoms with Gasteiger partial charge in [0.2, 0.25) is 0 Å². The molecule has 0 aromatic carbocycles. The largest absolute Gasteiger partial charge is 0.378 e. The predicted octanol–water partition coefficient (Wildman–Crippen LogP) is 2.85. The average molecular weight is 269 g/mol. The normalized spacial score (nSPS) is 21.3. The summed E-state index contributed by atoms with van der Waals surface area (Å²) >= 11 is 1.53. The lowest BCUT2D eigenvalue weighted by molar-refractivity contribution is 0.0996. The van der Waals surface area contributed by atoms with Crippen molar-refractivity contribution in [1.82, 2.24) is 14.9 Å². The molecule has 0 amide bonds. The lowest BCUT2D eigenvalue weighted by Crippen LogP contribution is -2.23. The first-order chi connectivity index (χ1) is 8.81. The molecular weight excluding hydrogens is 246 g/mol. The van der Waals surface area contributed by atoms with Crippen LogP contribution in [-0.4, -0.2) is 28.8 Å². The highest BCUT2D eigenvalue weighted by Gasteiger charge is 2.21. The molecule has 4 nitrogen and oxygen atoms in total. The number of hydrogen-bond acceptors (Lipinski definition) is 5. The monoisotopic (exact) mass is 269 g/mol. The van der Waals surface area contributed by atoms with Crippen LogP contribution in [0.1, 0.15) is 55.6 Å². The van der Waals surface area contributed by atoms with Gasteiger partial charge in [0.05, 0.1) is 16.7 Å². The van der Waals surface area contributed by atoms with Gasteiger partial charge < -0.3 is 10.1 Å². The summed E-state index contributed by atoms with van der Waals surface area (Å²) in [6.07, 6.45) is 6.33. The predicted molar refractivity (Wildman–Crippen MR) is 73.9 cm³/mol. The molecule has 1 N–H and O–H groups in total. The van der Waals surface area contributed by atoms with Crippen molar-refractivity contribution in [3.8, 4) is 0 Å². The molecule has 2 unspecified atom stereocenters. The van der Waals surface area contributed by atoms with E-state index in [9.17, 15) is 0 Å². The molecule has 2 atom stereocenters. The molecular formula is C13H23N3OS. The molecule has 1 aliphatic heterocycles. The smallest absolute Gasteiger partial charge is 0.0772 e. The van der Waals surface area contributed by atoms with Gasteiger partial charge in [0.25, 0.3) is 0 Å². The third kappa shape index (κ3) is 3.73. The van der Waals surface area contributed by atoms with Crippen LogP contribution in [0.25, 0.3) is 0 Å². The summed E-state index contributed by atoms with van der Waals surface area (Å²) in [5.74, 6) is 0. The second-order valence-corrected chi connectivity index (χ2v) is 5.73. The maximum absolute atomic E-state index is 5.70. The van der Waals surface area contributed by atoms with Gasteiger partial charge >= 0.3 is 0 Å². The summed E-state index contributed by atoms with van der Waals surface area (Å²) < 4.78 is 9.75. The van der Waals surface area contributed by atoms with Gasteiger partial charge in [-0.3, -0.25) is 0 Å². The van der Waals surface area contributed by atoms with Gasteiger partial charge in [-0.2, -0.15) is 0 Å². The zero-order chi connectivity index (χ0) is 12.8. The third-order valence-corrected chi connectivity index (χ3v) is 4.39. The lowest BCUT2D eigenvalue weighted by atomic mass is 10.0. The Hall–Kier alpha value is -0.520. The molecule has 5 heteroatoms. The van der Waals surface area contributed by atoms with Gasteiger partial charge in [-0.1, -0.05) is 11.4 Å². The topological polar surface area (TPSA) is 47.0 Å². The Morgan fingerprint density at radius 1 is 1.56 bits per heavy atom.